The Labute approximate surface area is 177 Å². The maximum absolute atomic E-state index is 12.1. The maximum Gasteiger partial charge on any atom is 0.328 e. The number of methoxy groups -OCH3 is 1. The van der Waals surface area contributed by atoms with Crippen molar-refractivity contribution in [1.82, 2.24) is 5.32 Å². The molecule has 0 rings (SSSR count). The lowest BCUT2D eigenvalue weighted by Crippen LogP contribution is -2.41. The summed E-state index contributed by atoms with van der Waals surface area (Å²) in [5, 5.41) is 2.77. The molecule has 0 aromatic heterocycles. The summed E-state index contributed by atoms with van der Waals surface area (Å²) in [6.07, 6.45) is 16.6. The average molecular weight is 413 g/mol. The average Bonchev–Trinajstić information content (AvgIpc) is 2.70. The number of carbonyl (C=O) groups is 2. The minimum Gasteiger partial charge on any atom is -0.467 e. The van der Waals surface area contributed by atoms with Gasteiger partial charge < -0.3 is 21.5 Å². The van der Waals surface area contributed by atoms with Gasteiger partial charge in [-0.25, -0.2) is 4.79 Å². The van der Waals surface area contributed by atoms with Crippen molar-refractivity contribution in [3.05, 3.63) is 0 Å². The molecule has 0 aliphatic rings. The van der Waals surface area contributed by atoms with Crippen LogP contribution in [0.2, 0.25) is 0 Å². The summed E-state index contributed by atoms with van der Waals surface area (Å²) in [7, 11) is 1.32. The Morgan fingerprint density at radius 1 is 0.862 bits per heavy atom. The van der Waals surface area contributed by atoms with E-state index >= 15 is 0 Å². The van der Waals surface area contributed by atoms with Gasteiger partial charge in [0.15, 0.2) is 5.96 Å². The summed E-state index contributed by atoms with van der Waals surface area (Å²) in [6.45, 7) is 2.67. The number of nitrogens with one attached hydrogen (secondary N) is 1. The van der Waals surface area contributed by atoms with Crippen LogP contribution in [0.25, 0.3) is 0 Å². The number of unbranched alkanes of at least 4 members (excludes halogenated alkanes) is 11. The first-order chi connectivity index (χ1) is 14.0. The van der Waals surface area contributed by atoms with Gasteiger partial charge in [-0.1, -0.05) is 77.6 Å². The molecule has 0 bridgehead atoms. The summed E-state index contributed by atoms with van der Waals surface area (Å²) < 4.78 is 4.77. The summed E-state index contributed by atoms with van der Waals surface area (Å²) in [5.74, 6) is -0.511. The summed E-state index contributed by atoms with van der Waals surface area (Å²) in [4.78, 5) is 27.8. The van der Waals surface area contributed by atoms with Crippen LogP contribution in [-0.2, 0) is 14.3 Å². The molecule has 0 aromatic carbocycles. The van der Waals surface area contributed by atoms with Gasteiger partial charge in [-0.05, 0) is 19.3 Å². The Morgan fingerprint density at radius 2 is 1.38 bits per heavy atom. The number of nitrogens with zero attached hydrogens (tertiary/aromatic N) is 1. The highest BCUT2D eigenvalue weighted by Gasteiger charge is 2.20. The molecule has 5 N–H and O–H groups in total. The van der Waals surface area contributed by atoms with E-state index in [-0.39, 0.29) is 11.9 Å². The van der Waals surface area contributed by atoms with E-state index in [0.717, 1.165) is 12.8 Å². The highest BCUT2D eigenvalue weighted by molar-refractivity contribution is 5.84. The first kappa shape index (κ1) is 27.2. The van der Waals surface area contributed by atoms with Crippen molar-refractivity contribution in [2.75, 3.05) is 13.7 Å². The molecular weight excluding hydrogens is 368 g/mol. The second kappa shape index (κ2) is 19.5. The number of hydrogen-bond acceptors (Lipinski definition) is 4. The molecular formula is C22H44N4O3. The Kier molecular flexibility index (Phi) is 18.3. The van der Waals surface area contributed by atoms with Gasteiger partial charge >= 0.3 is 5.97 Å². The monoisotopic (exact) mass is 412 g/mol. The van der Waals surface area contributed by atoms with Crippen LogP contribution in [0, 0.1) is 0 Å². The van der Waals surface area contributed by atoms with Crippen molar-refractivity contribution in [3.8, 4) is 0 Å². The van der Waals surface area contributed by atoms with Crippen LogP contribution in [0.3, 0.4) is 0 Å². The van der Waals surface area contributed by atoms with Crippen LogP contribution in [-0.4, -0.2) is 37.5 Å². The van der Waals surface area contributed by atoms with E-state index in [2.05, 4.69) is 17.2 Å². The minimum atomic E-state index is -0.640. The number of aliphatic imine (C=N–C) groups is 1. The fraction of sp³-hybridized carbons (Fsp3) is 0.864. The summed E-state index contributed by atoms with van der Waals surface area (Å²) >= 11 is 0. The van der Waals surface area contributed by atoms with E-state index in [4.69, 9.17) is 16.2 Å². The smallest absolute Gasteiger partial charge is 0.328 e. The minimum absolute atomic E-state index is 0.0237. The van der Waals surface area contributed by atoms with Gasteiger partial charge in [-0.15, -0.1) is 0 Å². The maximum atomic E-state index is 12.1. The third-order valence-electron chi connectivity index (χ3n) is 5.02. The molecule has 0 heterocycles. The van der Waals surface area contributed by atoms with E-state index in [1.165, 1.54) is 71.3 Å². The van der Waals surface area contributed by atoms with Crippen molar-refractivity contribution in [2.45, 2.75) is 109 Å². The lowest BCUT2D eigenvalue weighted by Gasteiger charge is -2.16. The lowest BCUT2D eigenvalue weighted by atomic mass is 10.0. The number of guanidine groups is 1. The van der Waals surface area contributed by atoms with Crippen LogP contribution >= 0.6 is 0 Å². The van der Waals surface area contributed by atoms with E-state index in [0.29, 0.717) is 25.8 Å². The van der Waals surface area contributed by atoms with Gasteiger partial charge in [0.05, 0.1) is 7.11 Å². The molecule has 0 unspecified atom stereocenters. The molecule has 0 aliphatic carbocycles. The number of rotatable bonds is 19. The normalized spacial score (nSPS) is 11.7. The van der Waals surface area contributed by atoms with Gasteiger partial charge in [0, 0.05) is 13.0 Å². The molecule has 0 spiro atoms. The lowest BCUT2D eigenvalue weighted by molar-refractivity contribution is -0.145. The van der Waals surface area contributed by atoms with Crippen molar-refractivity contribution >= 4 is 17.8 Å². The molecule has 0 aliphatic heterocycles. The molecule has 0 fully saturated rings. The zero-order valence-corrected chi connectivity index (χ0v) is 18.7. The van der Waals surface area contributed by atoms with Gasteiger partial charge in [0.25, 0.3) is 0 Å². The quantitative estimate of drug-likeness (QED) is 0.129. The van der Waals surface area contributed by atoms with Crippen LogP contribution in [0.4, 0.5) is 0 Å². The number of hydrogen-bond donors (Lipinski definition) is 3. The van der Waals surface area contributed by atoms with E-state index < -0.39 is 12.0 Å². The predicted molar refractivity (Wildman–Crippen MR) is 120 cm³/mol. The first-order valence-electron chi connectivity index (χ1n) is 11.4. The highest BCUT2D eigenvalue weighted by atomic mass is 16.5. The Hall–Kier alpha value is -1.79. The SMILES string of the molecule is CCCCCCCCCCCCCCC(=O)N[C@@H](CCCN=C(N)N)C(=O)OC. The molecule has 29 heavy (non-hydrogen) atoms. The largest absolute Gasteiger partial charge is 0.467 e. The van der Waals surface area contributed by atoms with Crippen molar-refractivity contribution in [2.24, 2.45) is 16.5 Å². The van der Waals surface area contributed by atoms with Crippen molar-refractivity contribution in [3.63, 3.8) is 0 Å². The van der Waals surface area contributed by atoms with Crippen LogP contribution in [0.1, 0.15) is 103 Å². The number of esters is 1. The van der Waals surface area contributed by atoms with Gasteiger partial charge in [0.1, 0.15) is 6.04 Å². The molecule has 7 nitrogen and oxygen atoms in total. The molecule has 0 saturated carbocycles. The first-order valence-corrected chi connectivity index (χ1v) is 11.4. The van der Waals surface area contributed by atoms with E-state index in [9.17, 15) is 9.59 Å². The summed E-state index contributed by atoms with van der Waals surface area (Å²) in [5.41, 5.74) is 10.6. The van der Waals surface area contributed by atoms with Gasteiger partial charge in [-0.3, -0.25) is 9.79 Å². The molecule has 1 atom stereocenters. The van der Waals surface area contributed by atoms with Crippen molar-refractivity contribution in [1.29, 1.82) is 0 Å². The number of ether oxygens (including phenoxy) is 1. The zero-order valence-electron chi connectivity index (χ0n) is 18.7. The number of amides is 1. The predicted octanol–water partition coefficient (Wildman–Crippen LogP) is 3.79. The molecule has 7 heteroatoms. The van der Waals surface area contributed by atoms with Crippen LogP contribution in [0.15, 0.2) is 4.99 Å². The standard InChI is InChI=1S/C22H44N4O3/c1-3-4-5-6-7-8-9-10-11-12-13-14-17-20(27)26-19(21(28)29-2)16-15-18-25-22(23)24/h19H,3-18H2,1-2H3,(H,26,27)(H4,23,24,25)/t19-/m0/s1. The molecule has 0 aromatic rings. The fourth-order valence-electron chi connectivity index (χ4n) is 3.29. The molecule has 170 valence electrons. The number of nitrogens with two attached hydrogens (primary N) is 2. The fourth-order valence-corrected chi connectivity index (χ4v) is 3.29. The molecule has 0 radical (unpaired) electrons. The Bertz CT molecular complexity index is 451. The van der Waals surface area contributed by atoms with Crippen molar-refractivity contribution < 1.29 is 14.3 Å². The third kappa shape index (κ3) is 18.0. The summed E-state index contributed by atoms with van der Waals surface area (Å²) in [6, 6.07) is -0.640. The Balaban J connectivity index is 3.74. The van der Waals surface area contributed by atoms with Gasteiger partial charge in [-0.2, -0.15) is 0 Å². The van der Waals surface area contributed by atoms with Gasteiger partial charge in [0.2, 0.25) is 5.91 Å². The molecule has 1 amide bonds. The Morgan fingerprint density at radius 3 is 1.86 bits per heavy atom. The second-order valence-electron chi connectivity index (χ2n) is 7.73. The van der Waals surface area contributed by atoms with Crippen LogP contribution in [0.5, 0.6) is 0 Å². The van der Waals surface area contributed by atoms with E-state index in [1.807, 2.05) is 0 Å². The second-order valence-corrected chi connectivity index (χ2v) is 7.73. The van der Waals surface area contributed by atoms with E-state index in [1.54, 1.807) is 0 Å². The van der Waals surface area contributed by atoms with Crippen LogP contribution < -0.4 is 16.8 Å². The molecule has 0 saturated heterocycles. The third-order valence-corrected chi connectivity index (χ3v) is 5.02. The zero-order chi connectivity index (χ0) is 21.7. The number of carbonyl (C=O) groups excluding carboxylic acids is 2. The highest BCUT2D eigenvalue weighted by Crippen LogP contribution is 2.12. The topological polar surface area (TPSA) is 120 Å².